The Morgan fingerprint density at radius 3 is 2.97 bits per heavy atom. The first-order valence-electron chi connectivity index (χ1n) is 9.68. The number of allylic oxidation sites excluding steroid dienone is 5. The molecule has 0 saturated heterocycles. The first-order valence-corrected chi connectivity index (χ1v) is 9.68. The number of nitrogens with zero attached hydrogens (tertiary/aromatic N) is 3. The van der Waals surface area contributed by atoms with Crippen LogP contribution in [0.2, 0.25) is 0 Å². The van der Waals surface area contributed by atoms with Crippen LogP contribution in [-0.4, -0.2) is 21.5 Å². The number of para-hydroxylation sites is 1. The van der Waals surface area contributed by atoms with Gasteiger partial charge in [-0.25, -0.2) is 9.97 Å². The van der Waals surface area contributed by atoms with Crippen molar-refractivity contribution in [3.63, 3.8) is 0 Å². The summed E-state index contributed by atoms with van der Waals surface area (Å²) in [5, 5.41) is 13.8. The maximum atomic E-state index is 9.22. The van der Waals surface area contributed by atoms with E-state index >= 15 is 0 Å². The van der Waals surface area contributed by atoms with Gasteiger partial charge >= 0.3 is 0 Å². The van der Waals surface area contributed by atoms with Crippen LogP contribution in [0.3, 0.4) is 0 Å². The first-order chi connectivity index (χ1) is 14.7. The Kier molecular flexibility index (Phi) is 5.44. The third-order valence-corrected chi connectivity index (χ3v) is 4.89. The van der Waals surface area contributed by atoms with Crippen LogP contribution in [-0.2, 0) is 6.42 Å². The maximum absolute atomic E-state index is 9.22. The van der Waals surface area contributed by atoms with E-state index in [1.54, 1.807) is 30.6 Å². The van der Waals surface area contributed by atoms with Crippen LogP contribution in [0.5, 0.6) is 0 Å². The maximum Gasteiger partial charge on any atom is 0.194 e. The summed E-state index contributed by atoms with van der Waals surface area (Å²) in [6.45, 7) is 6.34. The lowest BCUT2D eigenvalue weighted by atomic mass is 10.1. The quantitative estimate of drug-likeness (QED) is 0.323. The van der Waals surface area contributed by atoms with Crippen molar-refractivity contribution in [1.82, 2.24) is 15.0 Å². The third-order valence-electron chi connectivity index (χ3n) is 4.89. The van der Waals surface area contributed by atoms with Crippen LogP contribution in [0.25, 0.3) is 27.6 Å². The van der Waals surface area contributed by atoms with Gasteiger partial charge in [0.05, 0.1) is 12.3 Å². The van der Waals surface area contributed by atoms with Crippen molar-refractivity contribution in [1.29, 1.82) is 5.26 Å². The predicted molar refractivity (Wildman–Crippen MR) is 120 cm³/mol. The van der Waals surface area contributed by atoms with Crippen molar-refractivity contribution < 1.29 is 4.42 Å². The molecule has 0 radical (unpaired) electrons. The van der Waals surface area contributed by atoms with Crippen molar-refractivity contribution in [2.24, 2.45) is 0 Å². The molecule has 0 unspecified atom stereocenters. The van der Waals surface area contributed by atoms with Crippen LogP contribution in [0.4, 0.5) is 5.82 Å². The Labute approximate surface area is 174 Å². The minimum absolute atomic E-state index is 0.489. The average molecular weight is 395 g/mol. The van der Waals surface area contributed by atoms with Crippen LogP contribution in [0, 0.1) is 11.3 Å². The number of hydrogen-bond donors (Lipinski definition) is 2. The molecular weight excluding hydrogens is 374 g/mol. The first kappa shape index (κ1) is 19.2. The molecule has 0 aliphatic carbocycles. The lowest BCUT2D eigenvalue weighted by molar-refractivity contribution is 0.614. The topological polar surface area (TPSA) is 90.5 Å². The molecule has 6 nitrogen and oxygen atoms in total. The number of H-pyrrole nitrogens is 1. The number of nitrogens with one attached hydrogen (secondary N) is 2. The summed E-state index contributed by atoms with van der Waals surface area (Å²) in [5.74, 6) is 1.11. The lowest BCUT2D eigenvalue weighted by Crippen LogP contribution is -2.08. The van der Waals surface area contributed by atoms with E-state index in [2.05, 4.69) is 45.0 Å². The largest absolute Gasteiger partial charge is 0.459 e. The summed E-state index contributed by atoms with van der Waals surface area (Å²) in [5.41, 5.74) is 4.86. The van der Waals surface area contributed by atoms with Gasteiger partial charge in [-0.3, -0.25) is 0 Å². The highest BCUT2D eigenvalue weighted by Gasteiger charge is 2.13. The molecule has 0 spiro atoms. The van der Waals surface area contributed by atoms with Crippen LogP contribution < -0.4 is 5.32 Å². The molecule has 0 saturated carbocycles. The molecule has 4 rings (SSSR count). The van der Waals surface area contributed by atoms with Gasteiger partial charge < -0.3 is 14.7 Å². The zero-order valence-corrected chi connectivity index (χ0v) is 16.6. The fourth-order valence-electron chi connectivity index (χ4n) is 3.33. The van der Waals surface area contributed by atoms with Crippen molar-refractivity contribution in [2.45, 2.75) is 13.3 Å². The van der Waals surface area contributed by atoms with Gasteiger partial charge in [0, 0.05) is 40.9 Å². The number of hydrogen-bond acceptors (Lipinski definition) is 5. The number of nitriles is 1. The van der Waals surface area contributed by atoms with Gasteiger partial charge in [-0.15, -0.1) is 0 Å². The van der Waals surface area contributed by atoms with Gasteiger partial charge in [0.25, 0.3) is 0 Å². The number of benzene rings is 1. The second-order valence-corrected chi connectivity index (χ2v) is 6.73. The number of aromatic nitrogens is 3. The molecule has 0 fully saturated rings. The number of aromatic amines is 1. The van der Waals surface area contributed by atoms with Gasteiger partial charge in [0.1, 0.15) is 5.52 Å². The second-order valence-electron chi connectivity index (χ2n) is 6.73. The standard InChI is InChI=1S/C24H21N5O/c1-3-16(14-25)13-17(4-2)23-28-21-10-12-30-22(21)24(29-23)26-11-9-18-15-27-20-8-6-5-7-19(18)20/h3-8,10,12-13,15,27H,2,9,11H2,1H3,(H,26,28,29)/b16-3+,17-13+. The Morgan fingerprint density at radius 1 is 1.30 bits per heavy atom. The molecule has 1 aromatic carbocycles. The van der Waals surface area contributed by atoms with Crippen molar-refractivity contribution in [3.05, 3.63) is 84.6 Å². The Morgan fingerprint density at radius 2 is 2.17 bits per heavy atom. The molecular formula is C24H21N5O. The Hall–Kier alpha value is -4.11. The minimum atomic E-state index is 0.489. The fraction of sp³-hybridized carbons (Fsp3) is 0.125. The van der Waals surface area contributed by atoms with E-state index in [1.165, 1.54) is 10.9 Å². The van der Waals surface area contributed by atoms with Crippen molar-refractivity contribution in [3.8, 4) is 6.07 Å². The molecule has 6 heteroatoms. The third kappa shape index (κ3) is 3.74. The SMILES string of the molecule is C=C/C(=C\C(C#N)=C/C)c1nc(NCCc2c[nH]c3ccccc23)c2occc2n1. The summed E-state index contributed by atoms with van der Waals surface area (Å²) in [6, 6.07) is 12.2. The van der Waals surface area contributed by atoms with Crippen LogP contribution in [0.1, 0.15) is 18.3 Å². The number of fused-ring (bicyclic) bond motifs is 2. The molecule has 3 aromatic heterocycles. The monoisotopic (exact) mass is 395 g/mol. The van der Waals surface area contributed by atoms with E-state index in [4.69, 9.17) is 4.42 Å². The van der Waals surface area contributed by atoms with E-state index in [1.807, 2.05) is 25.3 Å². The average Bonchev–Trinajstić information content (AvgIpc) is 3.42. The van der Waals surface area contributed by atoms with Crippen molar-refractivity contribution in [2.75, 3.05) is 11.9 Å². The normalized spacial score (nSPS) is 12.3. The van der Waals surface area contributed by atoms with Crippen molar-refractivity contribution >= 4 is 33.4 Å². The number of furan rings is 1. The zero-order chi connectivity index (χ0) is 20.9. The highest BCUT2D eigenvalue weighted by Crippen LogP contribution is 2.25. The van der Waals surface area contributed by atoms with E-state index < -0.39 is 0 Å². The summed E-state index contributed by atoms with van der Waals surface area (Å²) in [7, 11) is 0. The molecule has 0 amide bonds. The van der Waals surface area contributed by atoms with Gasteiger partial charge in [-0.05, 0) is 31.1 Å². The van der Waals surface area contributed by atoms with E-state index in [-0.39, 0.29) is 0 Å². The van der Waals surface area contributed by atoms with Gasteiger partial charge in [0.15, 0.2) is 17.2 Å². The highest BCUT2D eigenvalue weighted by molar-refractivity contribution is 5.86. The molecule has 2 N–H and O–H groups in total. The molecule has 4 aromatic rings. The number of rotatable bonds is 7. The summed E-state index contributed by atoms with van der Waals surface area (Å²) in [4.78, 5) is 12.5. The van der Waals surface area contributed by atoms with Crippen LogP contribution >= 0.6 is 0 Å². The zero-order valence-electron chi connectivity index (χ0n) is 16.6. The molecule has 148 valence electrons. The van der Waals surface area contributed by atoms with Gasteiger partial charge in [0.2, 0.25) is 0 Å². The van der Waals surface area contributed by atoms with E-state index in [0.29, 0.717) is 40.4 Å². The lowest BCUT2D eigenvalue weighted by Gasteiger charge is -2.08. The molecule has 0 aliphatic rings. The molecule has 30 heavy (non-hydrogen) atoms. The highest BCUT2D eigenvalue weighted by atomic mass is 16.3. The minimum Gasteiger partial charge on any atom is -0.459 e. The second kappa shape index (κ2) is 8.50. The summed E-state index contributed by atoms with van der Waals surface area (Å²) < 4.78 is 5.60. The predicted octanol–water partition coefficient (Wildman–Crippen LogP) is 5.40. The Balaban J connectivity index is 1.61. The molecule has 0 atom stereocenters. The van der Waals surface area contributed by atoms with Crippen LogP contribution in [0.15, 0.2) is 77.6 Å². The van der Waals surface area contributed by atoms with E-state index in [9.17, 15) is 5.26 Å². The summed E-state index contributed by atoms with van der Waals surface area (Å²) >= 11 is 0. The molecule has 3 heterocycles. The summed E-state index contributed by atoms with van der Waals surface area (Å²) in [6.07, 6.45) is 9.58. The smallest absolute Gasteiger partial charge is 0.194 e. The van der Waals surface area contributed by atoms with Gasteiger partial charge in [-0.2, -0.15) is 5.26 Å². The van der Waals surface area contributed by atoms with Gasteiger partial charge in [-0.1, -0.05) is 36.9 Å². The Bertz CT molecular complexity index is 1320. The number of anilines is 1. The molecule has 0 bridgehead atoms. The van der Waals surface area contributed by atoms with E-state index in [0.717, 1.165) is 11.9 Å². The fourth-order valence-corrected chi connectivity index (χ4v) is 3.33. The molecule has 0 aliphatic heterocycles.